The summed E-state index contributed by atoms with van der Waals surface area (Å²) in [4.78, 5) is 14.3. The van der Waals surface area contributed by atoms with Crippen molar-refractivity contribution in [1.82, 2.24) is 4.90 Å². The van der Waals surface area contributed by atoms with Crippen LogP contribution >= 0.6 is 0 Å². The molecule has 3 rings (SSSR count). The van der Waals surface area contributed by atoms with E-state index < -0.39 is 0 Å². The number of methoxy groups -OCH3 is 1. The molecule has 5 heteroatoms. The Morgan fingerprint density at radius 2 is 1.90 bits per heavy atom. The summed E-state index contributed by atoms with van der Waals surface area (Å²) < 4.78 is 11.1. The monoisotopic (exact) mass is 424 g/mol. The van der Waals surface area contributed by atoms with E-state index in [1.54, 1.807) is 7.11 Å². The van der Waals surface area contributed by atoms with Crippen LogP contribution in [0.1, 0.15) is 50.7 Å². The Kier molecular flexibility index (Phi) is 8.10. The molecule has 0 saturated carbocycles. The lowest BCUT2D eigenvalue weighted by atomic mass is 9.79. The van der Waals surface area contributed by atoms with Crippen LogP contribution in [0.25, 0.3) is 11.1 Å². The van der Waals surface area contributed by atoms with Gasteiger partial charge in [0.05, 0.1) is 20.3 Å². The molecule has 1 aliphatic heterocycles. The minimum atomic E-state index is 0.00687. The van der Waals surface area contributed by atoms with Crippen LogP contribution in [0.3, 0.4) is 0 Å². The molecule has 168 valence electrons. The topological polar surface area (TPSA) is 64.8 Å². The Labute approximate surface area is 186 Å². The van der Waals surface area contributed by atoms with E-state index in [0.29, 0.717) is 26.2 Å². The third kappa shape index (κ3) is 6.08. The summed E-state index contributed by atoms with van der Waals surface area (Å²) in [5.74, 6) is 1.13. The highest BCUT2D eigenvalue weighted by Crippen LogP contribution is 2.37. The van der Waals surface area contributed by atoms with Gasteiger partial charge in [0.1, 0.15) is 5.75 Å². The lowest BCUT2D eigenvalue weighted by molar-refractivity contribution is -0.135. The van der Waals surface area contributed by atoms with Crippen LogP contribution in [0.4, 0.5) is 0 Å². The number of amides is 1. The molecule has 0 spiro atoms. The van der Waals surface area contributed by atoms with Gasteiger partial charge < -0.3 is 20.1 Å². The predicted molar refractivity (Wildman–Crippen MR) is 125 cm³/mol. The van der Waals surface area contributed by atoms with Gasteiger partial charge >= 0.3 is 0 Å². The molecule has 2 aromatic rings. The van der Waals surface area contributed by atoms with Crippen molar-refractivity contribution in [1.29, 1.82) is 0 Å². The highest BCUT2D eigenvalue weighted by molar-refractivity contribution is 5.76. The standard InChI is InChI=1S/C26H36N2O3/c1-26(2,12-5-4-9-25(29)28-13-15-31-16-14-28)22-10-11-23(24(18-22)30-3)21-8-6-7-20(17-21)19-27/h6-8,10-11,17-18H,4-5,9,12-16,19,27H2,1-3H3. The maximum Gasteiger partial charge on any atom is 0.222 e. The third-order valence-electron chi connectivity index (χ3n) is 6.26. The number of morpholine rings is 1. The Morgan fingerprint density at radius 3 is 2.61 bits per heavy atom. The van der Waals surface area contributed by atoms with Crippen LogP contribution < -0.4 is 10.5 Å². The molecule has 0 unspecified atom stereocenters. The van der Waals surface area contributed by atoms with E-state index in [1.165, 1.54) is 5.56 Å². The van der Waals surface area contributed by atoms with Crippen molar-refractivity contribution in [3.05, 3.63) is 53.6 Å². The minimum absolute atomic E-state index is 0.00687. The van der Waals surface area contributed by atoms with Gasteiger partial charge in [0.15, 0.2) is 0 Å². The fourth-order valence-corrected chi connectivity index (χ4v) is 4.17. The van der Waals surface area contributed by atoms with E-state index in [-0.39, 0.29) is 11.3 Å². The first kappa shape index (κ1) is 23.3. The minimum Gasteiger partial charge on any atom is -0.496 e. The maximum absolute atomic E-state index is 12.3. The zero-order valence-electron chi connectivity index (χ0n) is 19.2. The zero-order chi connectivity index (χ0) is 22.3. The molecule has 1 saturated heterocycles. The number of benzene rings is 2. The quantitative estimate of drug-likeness (QED) is 0.601. The van der Waals surface area contributed by atoms with Crippen LogP contribution in [-0.2, 0) is 21.5 Å². The largest absolute Gasteiger partial charge is 0.496 e. The number of ether oxygens (including phenoxy) is 2. The van der Waals surface area contributed by atoms with Crippen LogP contribution in [0.2, 0.25) is 0 Å². The first-order valence-corrected chi connectivity index (χ1v) is 11.3. The van der Waals surface area contributed by atoms with Gasteiger partial charge in [-0.3, -0.25) is 4.79 Å². The third-order valence-corrected chi connectivity index (χ3v) is 6.26. The van der Waals surface area contributed by atoms with Crippen molar-refractivity contribution in [2.45, 2.75) is 51.5 Å². The van der Waals surface area contributed by atoms with Gasteiger partial charge in [-0.15, -0.1) is 0 Å². The summed E-state index contributed by atoms with van der Waals surface area (Å²) in [6.07, 6.45) is 3.58. The van der Waals surface area contributed by atoms with E-state index in [0.717, 1.165) is 54.8 Å². The summed E-state index contributed by atoms with van der Waals surface area (Å²) in [7, 11) is 1.72. The molecule has 0 aliphatic carbocycles. The van der Waals surface area contributed by atoms with Crippen molar-refractivity contribution in [2.24, 2.45) is 5.73 Å². The Balaban J connectivity index is 1.61. The summed E-state index contributed by atoms with van der Waals surface area (Å²) in [5.41, 5.74) is 10.4. The summed E-state index contributed by atoms with van der Waals surface area (Å²) in [6.45, 7) is 7.82. The van der Waals surface area contributed by atoms with E-state index in [9.17, 15) is 4.79 Å². The van der Waals surface area contributed by atoms with E-state index >= 15 is 0 Å². The van der Waals surface area contributed by atoms with Gasteiger partial charge in [-0.1, -0.05) is 50.6 Å². The molecule has 2 N–H and O–H groups in total. The van der Waals surface area contributed by atoms with E-state index in [2.05, 4.69) is 44.2 Å². The lowest BCUT2D eigenvalue weighted by Crippen LogP contribution is -2.40. The Bertz CT molecular complexity index is 873. The van der Waals surface area contributed by atoms with Crippen LogP contribution in [0.15, 0.2) is 42.5 Å². The van der Waals surface area contributed by atoms with E-state index in [4.69, 9.17) is 15.2 Å². The molecular weight excluding hydrogens is 388 g/mol. The number of rotatable bonds is 9. The average molecular weight is 425 g/mol. The smallest absolute Gasteiger partial charge is 0.222 e. The number of nitrogens with two attached hydrogens (primary N) is 1. The second-order valence-corrected chi connectivity index (χ2v) is 8.90. The normalized spacial score (nSPS) is 14.5. The number of unbranched alkanes of at least 4 members (excludes halogenated alkanes) is 1. The van der Waals surface area contributed by atoms with Crippen molar-refractivity contribution in [3.8, 4) is 16.9 Å². The van der Waals surface area contributed by atoms with Crippen LogP contribution in [0, 0.1) is 0 Å². The molecule has 0 radical (unpaired) electrons. The summed E-state index contributed by atoms with van der Waals surface area (Å²) >= 11 is 0. The Hall–Kier alpha value is -2.37. The molecule has 31 heavy (non-hydrogen) atoms. The predicted octanol–water partition coefficient (Wildman–Crippen LogP) is 4.52. The number of carbonyl (C=O) groups excluding carboxylic acids is 1. The van der Waals surface area contributed by atoms with Gasteiger partial charge in [-0.05, 0) is 47.1 Å². The molecule has 1 heterocycles. The zero-order valence-corrected chi connectivity index (χ0v) is 19.2. The summed E-state index contributed by atoms with van der Waals surface area (Å²) in [6, 6.07) is 14.8. The van der Waals surface area contributed by atoms with Gasteiger partial charge in [0, 0.05) is 31.6 Å². The van der Waals surface area contributed by atoms with Crippen LogP contribution in [0.5, 0.6) is 5.75 Å². The second kappa shape index (κ2) is 10.8. The van der Waals surface area contributed by atoms with Crippen molar-refractivity contribution in [3.63, 3.8) is 0 Å². The number of nitrogens with zero attached hydrogens (tertiary/aromatic N) is 1. The van der Waals surface area contributed by atoms with Crippen molar-refractivity contribution in [2.75, 3.05) is 33.4 Å². The maximum atomic E-state index is 12.3. The molecular formula is C26H36N2O3. The molecule has 1 aliphatic rings. The van der Waals surface area contributed by atoms with E-state index in [1.807, 2.05) is 17.0 Å². The first-order chi connectivity index (χ1) is 14.9. The SMILES string of the molecule is COc1cc(C(C)(C)CCCCC(=O)N2CCOCC2)ccc1-c1cccc(CN)c1. The van der Waals surface area contributed by atoms with Crippen molar-refractivity contribution < 1.29 is 14.3 Å². The fraction of sp³-hybridized carbons (Fsp3) is 0.500. The molecule has 2 aromatic carbocycles. The van der Waals surface area contributed by atoms with Gasteiger partial charge in [-0.25, -0.2) is 0 Å². The molecule has 1 fully saturated rings. The summed E-state index contributed by atoms with van der Waals surface area (Å²) in [5, 5.41) is 0. The average Bonchev–Trinajstić information content (AvgIpc) is 2.81. The highest BCUT2D eigenvalue weighted by Gasteiger charge is 2.23. The van der Waals surface area contributed by atoms with Crippen LogP contribution in [-0.4, -0.2) is 44.2 Å². The lowest BCUT2D eigenvalue weighted by Gasteiger charge is -2.28. The van der Waals surface area contributed by atoms with Gasteiger partial charge in [0.2, 0.25) is 5.91 Å². The number of hydrogen-bond donors (Lipinski definition) is 1. The molecule has 1 amide bonds. The molecule has 0 atom stereocenters. The highest BCUT2D eigenvalue weighted by atomic mass is 16.5. The molecule has 5 nitrogen and oxygen atoms in total. The number of hydrogen-bond acceptors (Lipinski definition) is 4. The Morgan fingerprint density at radius 1 is 1.13 bits per heavy atom. The molecule has 0 aromatic heterocycles. The first-order valence-electron chi connectivity index (χ1n) is 11.3. The van der Waals surface area contributed by atoms with Gasteiger partial charge in [0.25, 0.3) is 0 Å². The molecule has 0 bridgehead atoms. The second-order valence-electron chi connectivity index (χ2n) is 8.90. The fourth-order valence-electron chi connectivity index (χ4n) is 4.17. The van der Waals surface area contributed by atoms with Gasteiger partial charge in [-0.2, -0.15) is 0 Å². The number of carbonyl (C=O) groups is 1. The van der Waals surface area contributed by atoms with Crippen molar-refractivity contribution >= 4 is 5.91 Å².